The van der Waals surface area contributed by atoms with E-state index in [9.17, 15) is 13.6 Å². The molecule has 0 radical (unpaired) electrons. The molecule has 0 unspecified atom stereocenters. The molecule has 1 atom stereocenters. The van der Waals surface area contributed by atoms with Gasteiger partial charge in [-0.15, -0.1) is 22.7 Å². The van der Waals surface area contributed by atoms with Gasteiger partial charge in [0.1, 0.15) is 10.7 Å². The number of thiophene rings is 2. The first-order chi connectivity index (χ1) is 15.0. The molecule has 1 aromatic carbocycles. The molecule has 0 aliphatic carbocycles. The van der Waals surface area contributed by atoms with Crippen molar-refractivity contribution in [1.82, 2.24) is 19.1 Å². The van der Waals surface area contributed by atoms with Gasteiger partial charge in [-0.3, -0.25) is 13.9 Å². The van der Waals surface area contributed by atoms with Crippen LogP contribution in [-0.4, -0.2) is 19.1 Å². The molecule has 0 N–H and O–H groups in total. The van der Waals surface area contributed by atoms with Crippen molar-refractivity contribution in [3.05, 3.63) is 63.3 Å². The topological polar surface area (TPSA) is 52.7 Å². The lowest BCUT2D eigenvalue weighted by Gasteiger charge is -2.15. The van der Waals surface area contributed by atoms with Crippen LogP contribution in [-0.2, 0) is 7.05 Å². The number of halogens is 2. The van der Waals surface area contributed by atoms with Gasteiger partial charge in [0.05, 0.1) is 21.7 Å². The molecule has 0 aliphatic rings. The van der Waals surface area contributed by atoms with Gasteiger partial charge in [-0.1, -0.05) is 30.0 Å². The second kappa shape index (κ2) is 7.85. The third kappa shape index (κ3) is 3.38. The molecule has 0 bridgehead atoms. The van der Waals surface area contributed by atoms with Crippen LogP contribution >= 0.6 is 34.4 Å². The fourth-order valence-corrected chi connectivity index (χ4v) is 6.32. The molecule has 5 nitrogen and oxygen atoms in total. The smallest absolute Gasteiger partial charge is 0.290 e. The number of imidazole rings is 1. The SMILES string of the molecule is C[C@@H](Sc1nc2scc(-c3cccs3)c2c(=O)n1C)c1nc2ccccc2n1C(F)F. The molecule has 0 saturated carbocycles. The average Bonchev–Trinajstić information content (AvgIpc) is 3.48. The van der Waals surface area contributed by atoms with Gasteiger partial charge >= 0.3 is 6.55 Å². The van der Waals surface area contributed by atoms with Gasteiger partial charge in [0.25, 0.3) is 5.56 Å². The number of fused-ring (bicyclic) bond motifs is 2. The largest absolute Gasteiger partial charge is 0.320 e. The fraction of sp³-hybridized carbons (Fsp3) is 0.190. The Kier molecular flexibility index (Phi) is 5.15. The van der Waals surface area contributed by atoms with Gasteiger partial charge in [0, 0.05) is 22.9 Å². The summed E-state index contributed by atoms with van der Waals surface area (Å²) in [5.41, 5.74) is 1.64. The minimum atomic E-state index is -2.71. The van der Waals surface area contributed by atoms with Crippen molar-refractivity contribution in [2.24, 2.45) is 7.05 Å². The van der Waals surface area contributed by atoms with Crippen molar-refractivity contribution in [1.29, 1.82) is 0 Å². The second-order valence-corrected chi connectivity index (χ2v) is 10.0. The summed E-state index contributed by atoms with van der Waals surface area (Å²) in [5.74, 6) is 0.251. The summed E-state index contributed by atoms with van der Waals surface area (Å²) in [6.07, 6.45) is 0. The van der Waals surface area contributed by atoms with Crippen LogP contribution in [0.3, 0.4) is 0 Å². The van der Waals surface area contributed by atoms with Gasteiger partial charge in [0.2, 0.25) is 0 Å². The first-order valence-electron chi connectivity index (χ1n) is 9.39. The van der Waals surface area contributed by atoms with E-state index >= 15 is 0 Å². The van der Waals surface area contributed by atoms with Crippen LogP contribution in [0.25, 0.3) is 31.7 Å². The zero-order chi connectivity index (χ0) is 21.7. The van der Waals surface area contributed by atoms with E-state index in [4.69, 9.17) is 0 Å². The van der Waals surface area contributed by atoms with E-state index in [0.717, 1.165) is 15.0 Å². The lowest BCUT2D eigenvalue weighted by Crippen LogP contribution is -2.20. The third-order valence-electron chi connectivity index (χ3n) is 5.02. The average molecular weight is 475 g/mol. The Morgan fingerprint density at radius 1 is 1.10 bits per heavy atom. The van der Waals surface area contributed by atoms with Crippen molar-refractivity contribution >= 4 is 55.7 Å². The van der Waals surface area contributed by atoms with E-state index in [2.05, 4.69) is 9.97 Å². The van der Waals surface area contributed by atoms with Crippen LogP contribution in [0.15, 0.2) is 57.1 Å². The maximum Gasteiger partial charge on any atom is 0.320 e. The number of benzene rings is 1. The van der Waals surface area contributed by atoms with Crippen LogP contribution in [0.4, 0.5) is 8.78 Å². The Bertz CT molecular complexity index is 1450. The summed E-state index contributed by atoms with van der Waals surface area (Å²) < 4.78 is 30.1. The Hall–Kier alpha value is -2.56. The van der Waals surface area contributed by atoms with E-state index in [0.29, 0.717) is 26.4 Å². The molecular formula is C21H16F2N4OS3. The minimum absolute atomic E-state index is 0.147. The van der Waals surface area contributed by atoms with Gasteiger partial charge in [-0.25, -0.2) is 9.97 Å². The summed E-state index contributed by atoms with van der Waals surface area (Å²) in [5, 5.41) is 4.54. The highest BCUT2D eigenvalue weighted by molar-refractivity contribution is 7.99. The van der Waals surface area contributed by atoms with Crippen molar-refractivity contribution in [3.8, 4) is 10.4 Å². The summed E-state index contributed by atoms with van der Waals surface area (Å²) in [6.45, 7) is -0.914. The van der Waals surface area contributed by atoms with Gasteiger partial charge < -0.3 is 0 Å². The number of nitrogens with zero attached hydrogens (tertiary/aromatic N) is 4. The Labute approximate surface area is 188 Å². The van der Waals surface area contributed by atoms with E-state index in [1.54, 1.807) is 49.6 Å². The van der Waals surface area contributed by atoms with Crippen LogP contribution in [0.2, 0.25) is 0 Å². The first kappa shape index (κ1) is 20.3. The zero-order valence-corrected chi connectivity index (χ0v) is 18.9. The highest BCUT2D eigenvalue weighted by atomic mass is 32.2. The Balaban J connectivity index is 1.57. The van der Waals surface area contributed by atoms with Gasteiger partial charge in [-0.2, -0.15) is 8.78 Å². The van der Waals surface area contributed by atoms with Gasteiger partial charge in [0.15, 0.2) is 5.16 Å². The van der Waals surface area contributed by atoms with Crippen LogP contribution < -0.4 is 5.56 Å². The molecule has 0 spiro atoms. The van der Waals surface area contributed by atoms with E-state index in [-0.39, 0.29) is 11.4 Å². The first-order valence-corrected chi connectivity index (χ1v) is 12.0. The molecule has 5 aromatic rings. The predicted molar refractivity (Wildman–Crippen MR) is 123 cm³/mol. The predicted octanol–water partition coefficient (Wildman–Crippen LogP) is 6.32. The molecule has 4 aromatic heterocycles. The maximum atomic E-state index is 13.8. The number of para-hydroxylation sites is 2. The summed E-state index contributed by atoms with van der Waals surface area (Å²) in [4.78, 5) is 23.9. The fourth-order valence-electron chi connectivity index (χ4n) is 3.54. The van der Waals surface area contributed by atoms with Crippen LogP contribution in [0, 0.1) is 0 Å². The summed E-state index contributed by atoms with van der Waals surface area (Å²) in [7, 11) is 1.66. The number of thioether (sulfide) groups is 1. The second-order valence-electron chi connectivity index (χ2n) is 6.93. The normalized spacial score (nSPS) is 12.9. The molecule has 10 heteroatoms. The zero-order valence-electron chi connectivity index (χ0n) is 16.5. The van der Waals surface area contributed by atoms with Crippen molar-refractivity contribution in [2.75, 3.05) is 0 Å². The summed E-state index contributed by atoms with van der Waals surface area (Å²) >= 11 is 4.23. The quantitative estimate of drug-likeness (QED) is 0.221. The molecule has 4 heterocycles. The van der Waals surface area contributed by atoms with Crippen LogP contribution in [0.5, 0.6) is 0 Å². The number of rotatable bonds is 5. The molecule has 158 valence electrons. The van der Waals surface area contributed by atoms with E-state index in [1.165, 1.54) is 27.7 Å². The standard InChI is InChI=1S/C21H16F2N4OS3/c1-11(17-24-13-6-3-4-7-14(13)27(17)20(22)23)31-21-25-18-16(19(28)26(21)2)12(10-30-18)15-8-5-9-29-15/h3-11,20H,1-2H3/t11-/m1/s1. The number of hydrogen-bond acceptors (Lipinski definition) is 6. The maximum absolute atomic E-state index is 13.8. The monoisotopic (exact) mass is 474 g/mol. The molecule has 0 fully saturated rings. The number of hydrogen-bond donors (Lipinski definition) is 0. The highest BCUT2D eigenvalue weighted by Crippen LogP contribution is 2.39. The molecule has 0 aliphatic heterocycles. The number of aromatic nitrogens is 4. The lowest BCUT2D eigenvalue weighted by molar-refractivity contribution is 0.0715. The van der Waals surface area contributed by atoms with Crippen molar-refractivity contribution in [2.45, 2.75) is 23.9 Å². The highest BCUT2D eigenvalue weighted by Gasteiger charge is 2.24. The Morgan fingerprint density at radius 2 is 1.90 bits per heavy atom. The Morgan fingerprint density at radius 3 is 2.65 bits per heavy atom. The van der Waals surface area contributed by atoms with E-state index < -0.39 is 11.8 Å². The number of alkyl halides is 2. The van der Waals surface area contributed by atoms with Crippen molar-refractivity contribution < 1.29 is 8.78 Å². The molecule has 0 amide bonds. The van der Waals surface area contributed by atoms with E-state index in [1.807, 2.05) is 22.9 Å². The van der Waals surface area contributed by atoms with Crippen LogP contribution in [0.1, 0.15) is 24.5 Å². The lowest BCUT2D eigenvalue weighted by atomic mass is 10.2. The molecular weight excluding hydrogens is 458 g/mol. The molecule has 5 rings (SSSR count). The summed E-state index contributed by atoms with van der Waals surface area (Å²) in [6, 6.07) is 10.8. The third-order valence-corrected chi connectivity index (χ3v) is 7.94. The van der Waals surface area contributed by atoms with Crippen molar-refractivity contribution in [3.63, 3.8) is 0 Å². The minimum Gasteiger partial charge on any atom is -0.290 e. The molecule has 31 heavy (non-hydrogen) atoms. The van der Waals surface area contributed by atoms with Gasteiger partial charge in [-0.05, 0) is 30.5 Å². The molecule has 0 saturated heterocycles.